The van der Waals surface area contributed by atoms with Gasteiger partial charge in [-0.2, -0.15) is 0 Å². The highest BCUT2D eigenvalue weighted by molar-refractivity contribution is 4.71. The van der Waals surface area contributed by atoms with E-state index in [-0.39, 0.29) is 0 Å². The fraction of sp³-hybridized carbons (Fsp3) is 1.00. The molecular formula is C6H14N2. The second-order valence-electron chi connectivity index (χ2n) is 2.30. The third-order valence-corrected chi connectivity index (χ3v) is 1.37. The number of piperazine rings is 1. The Morgan fingerprint density at radius 3 is 3.25 bits per heavy atom. The van der Waals surface area contributed by atoms with Crippen molar-refractivity contribution in [1.29, 1.82) is 0 Å². The van der Waals surface area contributed by atoms with E-state index in [0.717, 1.165) is 6.54 Å². The molecule has 48 valence electrons. The molecule has 0 amide bonds. The molecule has 0 aromatic carbocycles. The molecule has 8 heavy (non-hydrogen) atoms. The van der Waals surface area contributed by atoms with Crippen LogP contribution in [0.2, 0.25) is 0 Å². The molecule has 1 fully saturated rings. The van der Waals surface area contributed by atoms with Gasteiger partial charge in [-0.15, -0.1) is 0 Å². The van der Waals surface area contributed by atoms with Crippen molar-refractivity contribution >= 4 is 0 Å². The van der Waals surface area contributed by atoms with Crippen molar-refractivity contribution in [3.8, 4) is 0 Å². The first kappa shape index (κ1) is 3.18. The second kappa shape index (κ2) is 2.46. The Bertz CT molecular complexity index is 134. The van der Waals surface area contributed by atoms with Crippen molar-refractivity contribution < 1.29 is 4.11 Å². The van der Waals surface area contributed by atoms with E-state index >= 15 is 0 Å². The molecule has 1 aliphatic rings. The first-order valence-corrected chi connectivity index (χ1v) is 2.98. The normalized spacial score (nSPS) is 40.1. The molecule has 0 unspecified atom stereocenters. The molecule has 1 heterocycles. The smallest absolute Gasteiger partial charge is 0.0394 e. The topological polar surface area (TPSA) is 15.3 Å². The van der Waals surface area contributed by atoms with E-state index in [0.29, 0.717) is 19.1 Å². The minimum absolute atomic E-state index is 0.296. The summed E-state index contributed by atoms with van der Waals surface area (Å²) in [4.78, 5) is 1.54. The van der Waals surface area contributed by atoms with Crippen molar-refractivity contribution in [3.63, 3.8) is 0 Å². The Morgan fingerprint density at radius 2 is 2.75 bits per heavy atom. The summed E-state index contributed by atoms with van der Waals surface area (Å²) in [7, 11) is 0. The van der Waals surface area contributed by atoms with Gasteiger partial charge in [0.05, 0.1) is 0 Å². The lowest BCUT2D eigenvalue weighted by Crippen LogP contribution is -2.47. The van der Waals surface area contributed by atoms with E-state index in [1.165, 1.54) is 4.90 Å². The number of hydrogen-bond acceptors (Lipinski definition) is 2. The maximum atomic E-state index is 7.15. The molecule has 1 saturated heterocycles. The molecule has 0 spiro atoms. The Kier molecular flexibility index (Phi) is 0.980. The van der Waals surface area contributed by atoms with Crippen LogP contribution in [0.5, 0.6) is 0 Å². The van der Waals surface area contributed by atoms with Gasteiger partial charge in [0.1, 0.15) is 0 Å². The Hall–Kier alpha value is -0.0800. The van der Waals surface area contributed by atoms with Crippen LogP contribution in [0.4, 0.5) is 0 Å². The van der Waals surface area contributed by atoms with Gasteiger partial charge in [-0.1, -0.05) is 0 Å². The largest absolute Gasteiger partial charge is 0.312 e. The van der Waals surface area contributed by atoms with E-state index in [2.05, 4.69) is 5.32 Å². The third kappa shape index (κ3) is 1.46. The van der Waals surface area contributed by atoms with Crippen LogP contribution in [-0.4, -0.2) is 37.6 Å². The molecule has 1 rings (SSSR count). The molecule has 0 aromatic heterocycles. The average Bonchev–Trinajstić information content (AvgIpc) is 1.86. The lowest BCUT2D eigenvalue weighted by atomic mass is 10.2. The van der Waals surface area contributed by atoms with Gasteiger partial charge in [0.15, 0.2) is 0 Å². The summed E-state index contributed by atoms with van der Waals surface area (Å²) in [6.07, 6.45) is 0. The average molecular weight is 117 g/mol. The van der Waals surface area contributed by atoms with Gasteiger partial charge in [-0.05, 0) is 13.9 Å². The maximum absolute atomic E-state index is 7.15. The van der Waals surface area contributed by atoms with Gasteiger partial charge in [-0.25, -0.2) is 0 Å². The molecule has 0 aromatic rings. The number of nitrogens with one attached hydrogen (secondary N) is 1. The SMILES string of the molecule is [2H]C([2H])([2H])N1CCN[C@@H](C)C1. The van der Waals surface area contributed by atoms with E-state index in [4.69, 9.17) is 4.11 Å². The molecular weight excluding hydrogens is 100 g/mol. The Morgan fingerprint density at radius 1 is 1.88 bits per heavy atom. The van der Waals surface area contributed by atoms with E-state index in [9.17, 15) is 0 Å². The number of hydrogen-bond donors (Lipinski definition) is 1. The van der Waals surface area contributed by atoms with Crippen molar-refractivity contribution in [1.82, 2.24) is 10.2 Å². The van der Waals surface area contributed by atoms with Crippen LogP contribution in [0.25, 0.3) is 0 Å². The predicted octanol–water partition coefficient (Wildman–Crippen LogP) is -0.0901. The Balaban J connectivity index is 2.46. The van der Waals surface area contributed by atoms with Gasteiger partial charge < -0.3 is 10.2 Å². The number of likely N-dealkylation sites (N-methyl/N-ethyl adjacent to an activating group) is 1. The predicted molar refractivity (Wildman–Crippen MR) is 35.0 cm³/mol. The molecule has 2 heteroatoms. The van der Waals surface area contributed by atoms with Crippen LogP contribution in [-0.2, 0) is 0 Å². The highest BCUT2D eigenvalue weighted by Gasteiger charge is 2.09. The van der Waals surface area contributed by atoms with Crippen LogP contribution < -0.4 is 5.32 Å². The monoisotopic (exact) mass is 117 g/mol. The van der Waals surface area contributed by atoms with Crippen molar-refractivity contribution in [2.75, 3.05) is 26.6 Å². The van der Waals surface area contributed by atoms with Gasteiger partial charge in [0.2, 0.25) is 0 Å². The quantitative estimate of drug-likeness (QED) is 0.477. The highest BCUT2D eigenvalue weighted by atomic mass is 15.2. The minimum atomic E-state index is -1.91. The van der Waals surface area contributed by atoms with E-state index < -0.39 is 6.98 Å². The van der Waals surface area contributed by atoms with E-state index in [1.54, 1.807) is 0 Å². The van der Waals surface area contributed by atoms with Gasteiger partial charge in [0, 0.05) is 29.8 Å². The lowest BCUT2D eigenvalue weighted by molar-refractivity contribution is 0.248. The van der Waals surface area contributed by atoms with Crippen LogP contribution >= 0.6 is 0 Å². The summed E-state index contributed by atoms with van der Waals surface area (Å²) in [5, 5.41) is 3.19. The maximum Gasteiger partial charge on any atom is 0.0394 e. The number of nitrogens with zero attached hydrogens (tertiary/aromatic N) is 1. The summed E-state index contributed by atoms with van der Waals surface area (Å²) in [5.74, 6) is 0. The zero-order chi connectivity index (χ0) is 8.48. The zero-order valence-corrected chi connectivity index (χ0v) is 5.15. The summed E-state index contributed by atoms with van der Waals surface area (Å²) in [6, 6.07) is 0.296. The van der Waals surface area contributed by atoms with Crippen molar-refractivity contribution in [2.24, 2.45) is 0 Å². The standard InChI is InChI=1S/C6H14N2/c1-6-5-8(2)4-3-7-6/h6-7H,3-5H2,1-2H3/t6-/m0/s1/i2D3. The number of rotatable bonds is 0. The molecule has 2 nitrogen and oxygen atoms in total. The molecule has 0 bridgehead atoms. The van der Waals surface area contributed by atoms with Crippen LogP contribution in [0.1, 0.15) is 11.0 Å². The first-order valence-electron chi connectivity index (χ1n) is 4.48. The van der Waals surface area contributed by atoms with Crippen LogP contribution in [0, 0.1) is 0 Å². The van der Waals surface area contributed by atoms with Gasteiger partial charge in [0.25, 0.3) is 0 Å². The lowest BCUT2D eigenvalue weighted by Gasteiger charge is -2.28. The second-order valence-corrected chi connectivity index (χ2v) is 2.30. The fourth-order valence-electron chi connectivity index (χ4n) is 0.932. The summed E-state index contributed by atoms with van der Waals surface area (Å²) < 4.78 is 21.4. The van der Waals surface area contributed by atoms with Gasteiger partial charge in [-0.3, -0.25) is 0 Å². The fourth-order valence-corrected chi connectivity index (χ4v) is 0.932. The highest BCUT2D eigenvalue weighted by Crippen LogP contribution is 1.92. The summed E-state index contributed by atoms with van der Waals surface area (Å²) >= 11 is 0. The van der Waals surface area contributed by atoms with E-state index in [1.807, 2.05) is 6.92 Å². The molecule has 0 radical (unpaired) electrons. The summed E-state index contributed by atoms with van der Waals surface area (Å²) in [6.45, 7) is 2.12. The molecule has 0 aliphatic carbocycles. The molecule has 1 N–H and O–H groups in total. The zero-order valence-electron chi connectivity index (χ0n) is 8.15. The third-order valence-electron chi connectivity index (χ3n) is 1.37. The van der Waals surface area contributed by atoms with Gasteiger partial charge >= 0.3 is 0 Å². The molecule has 1 atom stereocenters. The molecule has 1 aliphatic heterocycles. The van der Waals surface area contributed by atoms with Crippen molar-refractivity contribution in [2.45, 2.75) is 13.0 Å². The van der Waals surface area contributed by atoms with Crippen LogP contribution in [0.3, 0.4) is 0 Å². The van der Waals surface area contributed by atoms with Crippen molar-refractivity contribution in [3.05, 3.63) is 0 Å². The molecule has 0 saturated carbocycles. The first-order chi connectivity index (χ1) is 5.00. The van der Waals surface area contributed by atoms with Crippen LogP contribution in [0.15, 0.2) is 0 Å². The Labute approximate surface area is 55.1 Å². The minimum Gasteiger partial charge on any atom is -0.312 e. The summed E-state index contributed by atoms with van der Waals surface area (Å²) in [5.41, 5.74) is 0.